The molecule has 25 heavy (non-hydrogen) atoms. The first-order valence-electron chi connectivity index (χ1n) is 8.19. The minimum Gasteiger partial charge on any atom is -0.492 e. The molecule has 6 heteroatoms. The Kier molecular flexibility index (Phi) is 5.34. The summed E-state index contributed by atoms with van der Waals surface area (Å²) in [6.45, 7) is 4.32. The van der Waals surface area contributed by atoms with Crippen molar-refractivity contribution in [1.29, 1.82) is 0 Å². The van der Waals surface area contributed by atoms with Crippen molar-refractivity contribution >= 4 is 23.2 Å². The molecule has 1 atom stereocenters. The molecule has 0 saturated heterocycles. The van der Waals surface area contributed by atoms with Crippen molar-refractivity contribution in [3.8, 4) is 17.2 Å². The molecule has 0 spiro atoms. The lowest BCUT2D eigenvalue weighted by Gasteiger charge is -2.14. The first-order valence-corrected chi connectivity index (χ1v) is 8.57. The number of carbonyl (C=O) groups excluding carboxylic acids is 1. The number of rotatable bonds is 6. The second-order valence-corrected chi connectivity index (χ2v) is 6.25. The van der Waals surface area contributed by atoms with Gasteiger partial charge in [-0.25, -0.2) is 0 Å². The van der Waals surface area contributed by atoms with Crippen LogP contribution in [-0.4, -0.2) is 25.2 Å². The number of fused-ring (bicyclic) bond motifs is 1. The van der Waals surface area contributed by atoms with E-state index in [-0.39, 0.29) is 18.6 Å². The summed E-state index contributed by atoms with van der Waals surface area (Å²) >= 11 is 5.82. The van der Waals surface area contributed by atoms with Gasteiger partial charge in [0.2, 0.25) is 0 Å². The fraction of sp³-hybridized carbons (Fsp3) is 0.316. The number of benzene rings is 2. The number of halogens is 1. The summed E-state index contributed by atoms with van der Waals surface area (Å²) in [5.41, 5.74) is 1.67. The van der Waals surface area contributed by atoms with Crippen LogP contribution in [0.5, 0.6) is 17.2 Å². The molecule has 3 rings (SSSR count). The molecule has 5 nitrogen and oxygen atoms in total. The monoisotopic (exact) mass is 361 g/mol. The third-order valence-electron chi connectivity index (χ3n) is 3.76. The van der Waals surface area contributed by atoms with E-state index in [1.807, 2.05) is 26.0 Å². The van der Waals surface area contributed by atoms with Crippen molar-refractivity contribution in [2.45, 2.75) is 26.4 Å². The number of nitrogens with one attached hydrogen (secondary N) is 1. The highest BCUT2D eigenvalue weighted by Gasteiger charge is 2.22. The Morgan fingerprint density at radius 2 is 2.04 bits per heavy atom. The Morgan fingerprint density at radius 1 is 1.28 bits per heavy atom. The molecule has 0 aliphatic carbocycles. The van der Waals surface area contributed by atoms with Gasteiger partial charge in [0.1, 0.15) is 23.4 Å². The second kappa shape index (κ2) is 7.66. The number of hydrogen-bond acceptors (Lipinski definition) is 4. The Hall–Kier alpha value is -2.40. The van der Waals surface area contributed by atoms with Gasteiger partial charge < -0.3 is 19.5 Å². The molecule has 0 fully saturated rings. The largest absolute Gasteiger partial charge is 0.492 e. The molecule has 1 amide bonds. The zero-order valence-electron chi connectivity index (χ0n) is 14.2. The van der Waals surface area contributed by atoms with E-state index < -0.39 is 0 Å². The highest BCUT2D eigenvalue weighted by atomic mass is 35.5. The van der Waals surface area contributed by atoms with Crippen LogP contribution in [0.1, 0.15) is 19.4 Å². The van der Waals surface area contributed by atoms with Gasteiger partial charge in [-0.05, 0) is 44.2 Å². The van der Waals surface area contributed by atoms with Crippen molar-refractivity contribution in [2.75, 3.05) is 18.5 Å². The van der Waals surface area contributed by atoms with Crippen molar-refractivity contribution < 1.29 is 19.0 Å². The average Bonchev–Trinajstić information content (AvgIpc) is 2.94. The van der Waals surface area contributed by atoms with Crippen molar-refractivity contribution in [3.63, 3.8) is 0 Å². The maximum Gasteiger partial charge on any atom is 0.262 e. The maximum absolute atomic E-state index is 12.2. The first-order chi connectivity index (χ1) is 12.0. The molecule has 1 heterocycles. The molecule has 1 aliphatic heterocycles. The standard InChI is InChI=1S/C19H20ClNO4/c1-3-23-18-9-13-8-12(2)25-17(13)10-16(18)21-19(22)11-24-15-6-4-14(20)5-7-15/h4-7,9-10,12H,3,8,11H2,1-2H3,(H,21,22). The fourth-order valence-electron chi connectivity index (χ4n) is 2.68. The number of hydrogen-bond donors (Lipinski definition) is 1. The van der Waals surface area contributed by atoms with Crippen LogP contribution in [-0.2, 0) is 11.2 Å². The van der Waals surface area contributed by atoms with E-state index in [4.69, 9.17) is 25.8 Å². The van der Waals surface area contributed by atoms with Gasteiger partial charge in [0.05, 0.1) is 12.3 Å². The zero-order chi connectivity index (χ0) is 17.8. The number of amides is 1. The van der Waals surface area contributed by atoms with E-state index in [1.54, 1.807) is 24.3 Å². The van der Waals surface area contributed by atoms with Crippen LogP contribution in [0.2, 0.25) is 5.02 Å². The van der Waals surface area contributed by atoms with Crippen LogP contribution >= 0.6 is 11.6 Å². The number of carbonyl (C=O) groups is 1. The minimum absolute atomic E-state index is 0.110. The lowest BCUT2D eigenvalue weighted by molar-refractivity contribution is -0.118. The lowest BCUT2D eigenvalue weighted by Crippen LogP contribution is -2.20. The van der Waals surface area contributed by atoms with Gasteiger partial charge in [-0.3, -0.25) is 4.79 Å². The topological polar surface area (TPSA) is 56.8 Å². The maximum atomic E-state index is 12.2. The molecule has 0 saturated carbocycles. The van der Waals surface area contributed by atoms with Gasteiger partial charge in [0.25, 0.3) is 5.91 Å². The van der Waals surface area contributed by atoms with E-state index in [2.05, 4.69) is 5.32 Å². The lowest BCUT2D eigenvalue weighted by atomic mass is 10.1. The summed E-state index contributed by atoms with van der Waals surface area (Å²) < 4.78 is 16.9. The van der Waals surface area contributed by atoms with Crippen LogP contribution in [0.3, 0.4) is 0 Å². The second-order valence-electron chi connectivity index (χ2n) is 5.81. The van der Waals surface area contributed by atoms with Crippen LogP contribution in [0.15, 0.2) is 36.4 Å². The van der Waals surface area contributed by atoms with Gasteiger partial charge >= 0.3 is 0 Å². The number of anilines is 1. The van der Waals surface area contributed by atoms with Gasteiger partial charge in [0, 0.05) is 23.1 Å². The predicted molar refractivity (Wildman–Crippen MR) is 97.0 cm³/mol. The van der Waals surface area contributed by atoms with Crippen LogP contribution in [0, 0.1) is 0 Å². The molecule has 2 aromatic carbocycles. The Balaban J connectivity index is 1.67. The summed E-state index contributed by atoms with van der Waals surface area (Å²) in [4.78, 5) is 12.2. The van der Waals surface area contributed by atoms with E-state index >= 15 is 0 Å². The molecular formula is C19H20ClNO4. The third kappa shape index (κ3) is 4.37. The van der Waals surface area contributed by atoms with Gasteiger partial charge in [-0.15, -0.1) is 0 Å². The molecule has 0 aromatic heterocycles. The van der Waals surface area contributed by atoms with E-state index in [0.29, 0.717) is 28.8 Å². The molecule has 1 N–H and O–H groups in total. The van der Waals surface area contributed by atoms with Crippen molar-refractivity contribution in [3.05, 3.63) is 47.0 Å². The summed E-state index contributed by atoms with van der Waals surface area (Å²) in [7, 11) is 0. The van der Waals surface area contributed by atoms with Gasteiger partial charge in [-0.1, -0.05) is 11.6 Å². The molecule has 1 unspecified atom stereocenters. The highest BCUT2D eigenvalue weighted by Crippen LogP contribution is 2.38. The average molecular weight is 362 g/mol. The van der Waals surface area contributed by atoms with E-state index in [0.717, 1.165) is 17.7 Å². The zero-order valence-corrected chi connectivity index (χ0v) is 14.9. The highest BCUT2D eigenvalue weighted by molar-refractivity contribution is 6.30. The molecule has 0 bridgehead atoms. The molecule has 132 valence electrons. The Labute approximate surface area is 151 Å². The van der Waals surface area contributed by atoms with E-state index in [1.165, 1.54) is 0 Å². The Bertz CT molecular complexity index is 761. The van der Waals surface area contributed by atoms with Crippen LogP contribution in [0.25, 0.3) is 0 Å². The minimum atomic E-state index is -0.276. The van der Waals surface area contributed by atoms with Crippen molar-refractivity contribution in [2.24, 2.45) is 0 Å². The molecule has 2 aromatic rings. The van der Waals surface area contributed by atoms with Crippen LogP contribution in [0.4, 0.5) is 5.69 Å². The molecular weight excluding hydrogens is 342 g/mol. The van der Waals surface area contributed by atoms with Crippen molar-refractivity contribution in [1.82, 2.24) is 0 Å². The summed E-state index contributed by atoms with van der Waals surface area (Å²) in [5.74, 6) is 1.72. The Morgan fingerprint density at radius 3 is 2.76 bits per heavy atom. The summed E-state index contributed by atoms with van der Waals surface area (Å²) in [6.07, 6.45) is 0.965. The molecule has 1 aliphatic rings. The number of ether oxygens (including phenoxy) is 3. The van der Waals surface area contributed by atoms with E-state index in [9.17, 15) is 4.79 Å². The normalized spacial score (nSPS) is 15.2. The third-order valence-corrected chi connectivity index (χ3v) is 4.01. The first kappa shape index (κ1) is 17.4. The summed E-state index contributed by atoms with van der Waals surface area (Å²) in [6, 6.07) is 10.6. The van der Waals surface area contributed by atoms with Gasteiger partial charge in [0.15, 0.2) is 6.61 Å². The molecule has 0 radical (unpaired) electrons. The van der Waals surface area contributed by atoms with Crippen LogP contribution < -0.4 is 19.5 Å². The quantitative estimate of drug-likeness (QED) is 0.842. The fourth-order valence-corrected chi connectivity index (χ4v) is 2.80. The van der Waals surface area contributed by atoms with Gasteiger partial charge in [-0.2, -0.15) is 0 Å². The SMILES string of the molecule is CCOc1cc2c(cc1NC(=O)COc1ccc(Cl)cc1)OC(C)C2. The summed E-state index contributed by atoms with van der Waals surface area (Å²) in [5, 5.41) is 3.44. The predicted octanol–water partition coefficient (Wildman–Crippen LogP) is 4.08. The smallest absolute Gasteiger partial charge is 0.262 e.